The van der Waals surface area contributed by atoms with Crippen LogP contribution in [0, 0.1) is 10.1 Å². The summed E-state index contributed by atoms with van der Waals surface area (Å²) in [5.74, 6) is -0.932. The van der Waals surface area contributed by atoms with Gasteiger partial charge in [0.25, 0.3) is 5.69 Å². The zero-order chi connectivity index (χ0) is 22.5. The summed E-state index contributed by atoms with van der Waals surface area (Å²) < 4.78 is 5.61. The summed E-state index contributed by atoms with van der Waals surface area (Å²) in [6, 6.07) is 16.9. The van der Waals surface area contributed by atoms with Crippen LogP contribution >= 0.6 is 0 Å². The van der Waals surface area contributed by atoms with Gasteiger partial charge in [0.2, 0.25) is 0 Å². The number of non-ortho nitro benzene ring substituents is 1. The highest BCUT2D eigenvalue weighted by Gasteiger charge is 2.28. The van der Waals surface area contributed by atoms with Crippen LogP contribution in [0.2, 0.25) is 0 Å². The van der Waals surface area contributed by atoms with E-state index in [9.17, 15) is 19.7 Å². The molecule has 9 heteroatoms. The van der Waals surface area contributed by atoms with Crippen molar-refractivity contribution < 1.29 is 18.9 Å². The van der Waals surface area contributed by atoms with Crippen LogP contribution < -0.4 is 10.6 Å². The topological polar surface area (TPSA) is 118 Å². The first-order valence-electron chi connectivity index (χ1n) is 10.2. The Morgan fingerprint density at radius 2 is 1.78 bits per heavy atom. The smallest absolute Gasteiger partial charge is 0.313 e. The first kappa shape index (κ1) is 21.3. The Hall–Kier alpha value is -3.98. The van der Waals surface area contributed by atoms with E-state index in [1.165, 1.54) is 35.4 Å². The molecule has 32 heavy (non-hydrogen) atoms. The molecule has 1 aromatic heterocycles. The van der Waals surface area contributed by atoms with Gasteiger partial charge in [0.15, 0.2) is 0 Å². The summed E-state index contributed by atoms with van der Waals surface area (Å²) in [4.78, 5) is 37.1. The van der Waals surface area contributed by atoms with E-state index in [1.54, 1.807) is 12.3 Å². The number of carbonyl (C=O) groups is 2. The van der Waals surface area contributed by atoms with E-state index >= 15 is 0 Å². The van der Waals surface area contributed by atoms with Crippen molar-refractivity contribution in [3.63, 3.8) is 0 Å². The maximum Gasteiger partial charge on any atom is 0.313 e. The number of benzene rings is 2. The van der Waals surface area contributed by atoms with Crippen LogP contribution in [0.15, 0.2) is 71.3 Å². The number of hydrogen-bond donors (Lipinski definition) is 2. The van der Waals surface area contributed by atoms with Gasteiger partial charge in [-0.05, 0) is 41.8 Å². The Bertz CT molecular complexity index is 1110. The van der Waals surface area contributed by atoms with Crippen LogP contribution in [0.4, 0.5) is 11.4 Å². The van der Waals surface area contributed by atoms with Crippen LogP contribution in [0.5, 0.6) is 0 Å². The summed E-state index contributed by atoms with van der Waals surface area (Å²) in [7, 11) is 0. The van der Waals surface area contributed by atoms with Gasteiger partial charge in [-0.25, -0.2) is 0 Å². The van der Waals surface area contributed by atoms with Crippen LogP contribution in [-0.2, 0) is 22.6 Å². The van der Waals surface area contributed by atoms with Crippen LogP contribution in [0.3, 0.4) is 0 Å². The van der Waals surface area contributed by atoms with E-state index in [1.807, 2.05) is 18.2 Å². The van der Waals surface area contributed by atoms with Crippen molar-refractivity contribution >= 4 is 23.2 Å². The molecule has 0 saturated carbocycles. The maximum absolute atomic E-state index is 12.4. The highest BCUT2D eigenvalue weighted by atomic mass is 16.6. The lowest BCUT2D eigenvalue weighted by molar-refractivity contribution is -0.384. The molecule has 9 nitrogen and oxygen atoms in total. The number of carbonyl (C=O) groups excluding carboxylic acids is 2. The number of amides is 2. The minimum atomic E-state index is -0.846. The number of nitrogens with zero attached hydrogens (tertiary/aromatic N) is 2. The quantitative estimate of drug-likeness (QED) is 0.350. The van der Waals surface area contributed by atoms with E-state index in [0.29, 0.717) is 18.0 Å². The Kier molecular flexibility index (Phi) is 6.27. The molecular formula is C23H22N4O5. The van der Waals surface area contributed by atoms with Gasteiger partial charge >= 0.3 is 11.8 Å². The SMILES string of the molecule is O=C(NC[C@H](c1ccco1)N1CCc2ccccc2C1)C(=O)Nc1ccc([N+](=O)[O-])cc1. The maximum atomic E-state index is 12.4. The van der Waals surface area contributed by atoms with Gasteiger partial charge < -0.3 is 15.1 Å². The van der Waals surface area contributed by atoms with Crippen molar-refractivity contribution in [3.8, 4) is 0 Å². The molecule has 1 atom stereocenters. The lowest BCUT2D eigenvalue weighted by atomic mass is 9.98. The van der Waals surface area contributed by atoms with Crippen LogP contribution in [0.1, 0.15) is 22.9 Å². The molecule has 2 aromatic carbocycles. The van der Waals surface area contributed by atoms with Crippen molar-refractivity contribution in [2.75, 3.05) is 18.4 Å². The average molecular weight is 434 g/mol. The van der Waals surface area contributed by atoms with E-state index in [-0.39, 0.29) is 18.3 Å². The zero-order valence-corrected chi connectivity index (χ0v) is 17.2. The zero-order valence-electron chi connectivity index (χ0n) is 17.2. The molecule has 2 amide bonds. The molecule has 0 bridgehead atoms. The van der Waals surface area contributed by atoms with Crippen molar-refractivity contribution in [3.05, 3.63) is 93.9 Å². The van der Waals surface area contributed by atoms with Gasteiger partial charge in [0, 0.05) is 37.5 Å². The standard InChI is InChI=1S/C23H22N4O5/c28-22(23(29)25-18-7-9-19(10-8-18)27(30)31)24-14-20(21-6-3-13-32-21)26-12-11-16-4-1-2-5-17(16)15-26/h1-10,13,20H,11-12,14-15H2,(H,24,28)(H,25,29)/t20-/m1/s1. The largest absolute Gasteiger partial charge is 0.468 e. The number of hydrogen-bond acceptors (Lipinski definition) is 6. The fraction of sp³-hybridized carbons (Fsp3) is 0.217. The van der Waals surface area contributed by atoms with Crippen molar-refractivity contribution in [2.24, 2.45) is 0 Å². The molecule has 0 aliphatic carbocycles. The molecule has 2 N–H and O–H groups in total. The second kappa shape index (κ2) is 9.44. The Balaban J connectivity index is 1.39. The molecule has 0 radical (unpaired) electrons. The van der Waals surface area contributed by atoms with Crippen molar-refractivity contribution in [1.82, 2.24) is 10.2 Å². The predicted molar refractivity (Wildman–Crippen MR) is 117 cm³/mol. The van der Waals surface area contributed by atoms with E-state index < -0.39 is 16.7 Å². The number of anilines is 1. The lowest BCUT2D eigenvalue weighted by Crippen LogP contribution is -2.43. The van der Waals surface area contributed by atoms with Gasteiger partial charge in [-0.2, -0.15) is 0 Å². The van der Waals surface area contributed by atoms with E-state index in [4.69, 9.17) is 4.42 Å². The Labute approximate surface area is 184 Å². The highest BCUT2D eigenvalue weighted by Crippen LogP contribution is 2.28. The molecule has 0 spiro atoms. The van der Waals surface area contributed by atoms with E-state index in [0.717, 1.165) is 13.0 Å². The fourth-order valence-electron chi connectivity index (χ4n) is 3.80. The molecular weight excluding hydrogens is 412 g/mol. The molecule has 1 aliphatic heterocycles. The van der Waals surface area contributed by atoms with Crippen LogP contribution in [0.25, 0.3) is 0 Å². The Morgan fingerprint density at radius 1 is 1.03 bits per heavy atom. The Morgan fingerprint density at radius 3 is 2.47 bits per heavy atom. The number of nitro benzene ring substituents is 1. The third-order valence-electron chi connectivity index (χ3n) is 5.47. The first-order chi connectivity index (χ1) is 15.5. The van der Waals surface area contributed by atoms with Crippen LogP contribution in [-0.4, -0.2) is 34.7 Å². The van der Waals surface area contributed by atoms with Gasteiger partial charge in [0.05, 0.1) is 17.2 Å². The van der Waals surface area contributed by atoms with Gasteiger partial charge in [-0.1, -0.05) is 24.3 Å². The normalized spacial score (nSPS) is 14.2. The minimum Gasteiger partial charge on any atom is -0.468 e. The summed E-state index contributed by atoms with van der Waals surface area (Å²) in [6.45, 7) is 1.71. The fourth-order valence-corrected chi connectivity index (χ4v) is 3.80. The summed E-state index contributed by atoms with van der Waals surface area (Å²) >= 11 is 0. The van der Waals surface area contributed by atoms with E-state index in [2.05, 4.69) is 27.7 Å². The predicted octanol–water partition coefficient (Wildman–Crippen LogP) is 3.04. The van der Waals surface area contributed by atoms with Crippen molar-refractivity contribution in [1.29, 1.82) is 0 Å². The third kappa shape index (κ3) is 4.84. The number of furan rings is 1. The second-order valence-electron chi connectivity index (χ2n) is 7.49. The monoisotopic (exact) mass is 434 g/mol. The number of rotatable bonds is 6. The molecule has 0 fully saturated rings. The molecule has 4 rings (SSSR count). The first-order valence-corrected chi connectivity index (χ1v) is 10.2. The lowest BCUT2D eigenvalue weighted by Gasteiger charge is -2.34. The third-order valence-corrected chi connectivity index (χ3v) is 5.47. The summed E-state index contributed by atoms with van der Waals surface area (Å²) in [6.07, 6.45) is 2.48. The van der Waals surface area contributed by atoms with Crippen molar-refractivity contribution in [2.45, 2.75) is 19.0 Å². The molecule has 164 valence electrons. The number of nitrogens with one attached hydrogen (secondary N) is 2. The van der Waals surface area contributed by atoms with Gasteiger partial charge in [-0.3, -0.25) is 24.6 Å². The molecule has 0 unspecified atom stereocenters. The highest BCUT2D eigenvalue weighted by molar-refractivity contribution is 6.39. The van der Waals surface area contributed by atoms with Gasteiger partial charge in [0.1, 0.15) is 5.76 Å². The van der Waals surface area contributed by atoms with Gasteiger partial charge in [-0.15, -0.1) is 0 Å². The summed E-state index contributed by atoms with van der Waals surface area (Å²) in [5, 5.41) is 15.9. The number of fused-ring (bicyclic) bond motifs is 1. The second-order valence-corrected chi connectivity index (χ2v) is 7.49. The molecule has 2 heterocycles. The molecule has 1 aliphatic rings. The minimum absolute atomic E-state index is 0.100. The summed E-state index contributed by atoms with van der Waals surface area (Å²) in [5.41, 5.74) is 2.74. The molecule has 0 saturated heterocycles. The average Bonchev–Trinajstić information content (AvgIpc) is 3.34. The molecule has 3 aromatic rings. The number of nitro groups is 1.